The summed E-state index contributed by atoms with van der Waals surface area (Å²) in [5.74, 6) is 0.0419. The molecule has 1 aliphatic heterocycles. The third kappa shape index (κ3) is 4.55. The molecule has 0 bridgehead atoms. The van der Waals surface area contributed by atoms with Gasteiger partial charge in [0, 0.05) is 16.2 Å². The number of anilines is 1. The van der Waals surface area contributed by atoms with E-state index in [1.165, 1.54) is 35.2 Å². The van der Waals surface area contributed by atoms with Gasteiger partial charge in [0.15, 0.2) is 15.0 Å². The van der Waals surface area contributed by atoms with Crippen LogP contribution in [0.25, 0.3) is 11.3 Å². The smallest absolute Gasteiger partial charge is 0.236 e. The lowest BCUT2D eigenvalue weighted by Crippen LogP contribution is -2.17. The molecule has 0 spiro atoms. The molecule has 3 rings (SSSR count). The van der Waals surface area contributed by atoms with Crippen molar-refractivity contribution in [3.05, 3.63) is 35.5 Å². The van der Waals surface area contributed by atoms with Gasteiger partial charge in [-0.25, -0.2) is 17.8 Å². The molecular formula is C15H15FN2O3S3. The van der Waals surface area contributed by atoms with E-state index in [4.69, 9.17) is 0 Å². The Balaban J connectivity index is 1.53. The first-order valence-corrected chi connectivity index (χ1v) is 11.0. The van der Waals surface area contributed by atoms with Crippen molar-refractivity contribution >= 4 is 44.0 Å². The van der Waals surface area contributed by atoms with Crippen LogP contribution in [0.3, 0.4) is 0 Å². The number of nitrogens with zero attached hydrogens (tertiary/aromatic N) is 1. The molecule has 1 unspecified atom stereocenters. The fraction of sp³-hybridized carbons (Fsp3) is 0.333. The number of aromatic nitrogens is 1. The summed E-state index contributed by atoms with van der Waals surface area (Å²) in [4.78, 5) is 16.3. The molecule has 2 heterocycles. The Kier molecular flexibility index (Phi) is 5.21. The quantitative estimate of drug-likeness (QED) is 0.855. The predicted molar refractivity (Wildman–Crippen MR) is 95.7 cm³/mol. The largest absolute Gasteiger partial charge is 0.301 e. The molecule has 1 amide bonds. The number of nitrogens with one attached hydrogen (secondary N) is 1. The molecular weight excluding hydrogens is 371 g/mol. The number of hydrogen-bond acceptors (Lipinski definition) is 6. The number of halogens is 1. The Morgan fingerprint density at radius 2 is 2.12 bits per heavy atom. The second-order valence-corrected chi connectivity index (χ2v) is 9.80. The summed E-state index contributed by atoms with van der Waals surface area (Å²) in [5, 5.41) is 4.97. The lowest BCUT2D eigenvalue weighted by molar-refractivity contribution is -0.113. The van der Waals surface area contributed by atoms with Crippen molar-refractivity contribution < 1.29 is 17.6 Å². The van der Waals surface area contributed by atoms with Crippen molar-refractivity contribution in [2.75, 3.05) is 22.6 Å². The Morgan fingerprint density at radius 1 is 1.38 bits per heavy atom. The highest BCUT2D eigenvalue weighted by Gasteiger charge is 2.28. The molecule has 0 saturated carbocycles. The average molecular weight is 386 g/mol. The van der Waals surface area contributed by atoms with Gasteiger partial charge in [0.25, 0.3) is 0 Å². The average Bonchev–Trinajstić information content (AvgIpc) is 3.12. The van der Waals surface area contributed by atoms with Gasteiger partial charge >= 0.3 is 0 Å². The first-order chi connectivity index (χ1) is 11.4. The summed E-state index contributed by atoms with van der Waals surface area (Å²) in [5.41, 5.74) is 1.45. The number of rotatable bonds is 5. The fourth-order valence-corrected chi connectivity index (χ4v) is 6.50. The van der Waals surface area contributed by atoms with Crippen LogP contribution in [0.4, 0.5) is 9.52 Å². The lowest BCUT2D eigenvalue weighted by Gasteiger charge is -2.06. The zero-order chi connectivity index (χ0) is 17.2. The molecule has 5 nitrogen and oxygen atoms in total. The van der Waals surface area contributed by atoms with E-state index >= 15 is 0 Å². The molecule has 9 heteroatoms. The minimum Gasteiger partial charge on any atom is -0.301 e. The topological polar surface area (TPSA) is 76.1 Å². The van der Waals surface area contributed by atoms with E-state index in [1.54, 1.807) is 17.5 Å². The highest BCUT2D eigenvalue weighted by Crippen LogP contribution is 2.26. The maximum atomic E-state index is 12.9. The Morgan fingerprint density at radius 3 is 2.79 bits per heavy atom. The number of thioether (sulfide) groups is 1. The number of hydrogen-bond donors (Lipinski definition) is 1. The van der Waals surface area contributed by atoms with E-state index in [1.807, 2.05) is 0 Å². The van der Waals surface area contributed by atoms with Crippen LogP contribution in [0, 0.1) is 5.82 Å². The van der Waals surface area contributed by atoms with Crippen molar-refractivity contribution in [3.63, 3.8) is 0 Å². The standard InChI is InChI=1S/C15H15FN2O3S3/c16-11-3-1-10(2-4-11)13-7-23-15(17-13)18-14(19)8-22-12-5-6-24(20,21)9-12/h1-4,7,12H,5-6,8-9H2,(H,17,18,19). The fourth-order valence-electron chi connectivity index (χ4n) is 2.33. The number of benzene rings is 1. The SMILES string of the molecule is O=C(CSC1CCS(=O)(=O)C1)Nc1nc(-c2ccc(F)cc2)cs1. The summed E-state index contributed by atoms with van der Waals surface area (Å²) in [7, 11) is -2.92. The summed E-state index contributed by atoms with van der Waals surface area (Å²) < 4.78 is 35.7. The van der Waals surface area contributed by atoms with E-state index in [-0.39, 0.29) is 34.2 Å². The number of sulfone groups is 1. The second-order valence-electron chi connectivity index (χ2n) is 5.43. The molecule has 1 aromatic heterocycles. The molecule has 1 aliphatic rings. The van der Waals surface area contributed by atoms with Crippen molar-refractivity contribution in [1.29, 1.82) is 0 Å². The van der Waals surface area contributed by atoms with E-state index in [0.29, 0.717) is 17.2 Å². The molecule has 0 aliphatic carbocycles. The number of thiazole rings is 1. The maximum Gasteiger partial charge on any atom is 0.236 e. The van der Waals surface area contributed by atoms with Crippen LogP contribution in [-0.4, -0.2) is 41.8 Å². The van der Waals surface area contributed by atoms with Gasteiger partial charge in [-0.2, -0.15) is 0 Å². The third-order valence-electron chi connectivity index (χ3n) is 3.53. The lowest BCUT2D eigenvalue weighted by atomic mass is 10.2. The van der Waals surface area contributed by atoms with Gasteiger partial charge in [0.2, 0.25) is 5.91 Å². The van der Waals surface area contributed by atoms with E-state index in [0.717, 1.165) is 5.56 Å². The van der Waals surface area contributed by atoms with Crippen LogP contribution in [0.15, 0.2) is 29.6 Å². The minimum atomic E-state index is -2.92. The number of amides is 1. The highest BCUT2D eigenvalue weighted by molar-refractivity contribution is 8.02. The van der Waals surface area contributed by atoms with Gasteiger partial charge in [0.1, 0.15) is 5.82 Å². The first-order valence-electron chi connectivity index (χ1n) is 7.25. The van der Waals surface area contributed by atoms with Crippen LogP contribution >= 0.6 is 23.1 Å². The monoisotopic (exact) mass is 386 g/mol. The van der Waals surface area contributed by atoms with Crippen LogP contribution in [0.2, 0.25) is 0 Å². The van der Waals surface area contributed by atoms with Crippen LogP contribution in [-0.2, 0) is 14.6 Å². The second kappa shape index (κ2) is 7.20. The van der Waals surface area contributed by atoms with Gasteiger partial charge in [-0.15, -0.1) is 23.1 Å². The molecule has 24 heavy (non-hydrogen) atoms. The van der Waals surface area contributed by atoms with Gasteiger partial charge < -0.3 is 5.32 Å². The summed E-state index contributed by atoms with van der Waals surface area (Å²) in [6, 6.07) is 5.98. The zero-order valence-corrected chi connectivity index (χ0v) is 15.0. The number of carbonyl (C=O) groups excluding carboxylic acids is 1. The summed E-state index contributed by atoms with van der Waals surface area (Å²) in [6.07, 6.45) is 0.603. The molecule has 1 aromatic carbocycles. The van der Waals surface area contributed by atoms with Gasteiger partial charge in [-0.05, 0) is 30.7 Å². The molecule has 128 valence electrons. The Labute approximate surface area is 147 Å². The minimum absolute atomic E-state index is 0.00757. The highest BCUT2D eigenvalue weighted by atomic mass is 32.2. The summed E-state index contributed by atoms with van der Waals surface area (Å²) >= 11 is 2.66. The van der Waals surface area contributed by atoms with E-state index in [9.17, 15) is 17.6 Å². The molecule has 1 fully saturated rings. The van der Waals surface area contributed by atoms with Crippen LogP contribution in [0.5, 0.6) is 0 Å². The molecule has 1 N–H and O–H groups in total. The van der Waals surface area contributed by atoms with E-state index < -0.39 is 9.84 Å². The van der Waals surface area contributed by atoms with E-state index in [2.05, 4.69) is 10.3 Å². The summed E-state index contributed by atoms with van der Waals surface area (Å²) in [6.45, 7) is 0. The third-order valence-corrected chi connectivity index (χ3v) is 7.57. The van der Waals surface area contributed by atoms with Crippen LogP contribution < -0.4 is 5.32 Å². The number of carbonyl (C=O) groups is 1. The van der Waals surface area contributed by atoms with Gasteiger partial charge in [-0.1, -0.05) is 0 Å². The van der Waals surface area contributed by atoms with Crippen molar-refractivity contribution in [3.8, 4) is 11.3 Å². The van der Waals surface area contributed by atoms with Crippen molar-refractivity contribution in [2.45, 2.75) is 11.7 Å². The maximum absolute atomic E-state index is 12.9. The molecule has 1 atom stereocenters. The van der Waals surface area contributed by atoms with Crippen molar-refractivity contribution in [2.24, 2.45) is 0 Å². The van der Waals surface area contributed by atoms with Gasteiger partial charge in [-0.3, -0.25) is 4.79 Å². The van der Waals surface area contributed by atoms with Crippen molar-refractivity contribution in [1.82, 2.24) is 4.98 Å². The molecule has 0 radical (unpaired) electrons. The molecule has 1 saturated heterocycles. The van der Waals surface area contributed by atoms with Gasteiger partial charge in [0.05, 0.1) is 23.0 Å². The normalized spacial score (nSPS) is 19.3. The Bertz CT molecular complexity index is 834. The first kappa shape index (κ1) is 17.4. The molecule has 2 aromatic rings. The van der Waals surface area contributed by atoms with Crippen LogP contribution in [0.1, 0.15) is 6.42 Å². The zero-order valence-electron chi connectivity index (χ0n) is 12.6. The Hall–Kier alpha value is -1.45. The predicted octanol–water partition coefficient (Wildman–Crippen LogP) is 2.81.